The second-order valence-corrected chi connectivity index (χ2v) is 3.75. The third-order valence-corrected chi connectivity index (χ3v) is 2.49. The molecular formula is C10H9ClN2O2. The Morgan fingerprint density at radius 2 is 2.33 bits per heavy atom. The molecule has 0 atom stereocenters. The Morgan fingerprint density at radius 3 is 2.93 bits per heavy atom. The summed E-state index contributed by atoms with van der Waals surface area (Å²) in [6, 6.07) is 3.06. The second-order valence-electron chi connectivity index (χ2n) is 3.31. The largest absolute Gasteiger partial charge is 0.279 e. The minimum absolute atomic E-state index is 0.137. The molecule has 0 aromatic carbocycles. The molecule has 0 saturated carbocycles. The highest BCUT2D eigenvalue weighted by Crippen LogP contribution is 2.15. The Labute approximate surface area is 91.9 Å². The molecule has 0 radical (unpaired) electrons. The predicted octanol–water partition coefficient (Wildman–Crippen LogP) is 1.50. The van der Waals surface area contributed by atoms with Gasteiger partial charge in [0, 0.05) is 24.2 Å². The van der Waals surface area contributed by atoms with Crippen LogP contribution >= 0.6 is 11.6 Å². The van der Waals surface area contributed by atoms with Crippen LogP contribution in [0.1, 0.15) is 23.3 Å². The maximum absolute atomic E-state index is 11.8. The van der Waals surface area contributed by atoms with Gasteiger partial charge in [-0.25, -0.2) is 0 Å². The average molecular weight is 225 g/mol. The summed E-state index contributed by atoms with van der Waals surface area (Å²) in [6.07, 6.45) is 2.62. The van der Waals surface area contributed by atoms with Gasteiger partial charge in [0.05, 0.1) is 0 Å². The molecule has 0 N–H and O–H groups in total. The van der Waals surface area contributed by atoms with Gasteiger partial charge in [-0.1, -0.05) is 11.6 Å². The summed E-state index contributed by atoms with van der Waals surface area (Å²) in [7, 11) is 0. The summed E-state index contributed by atoms with van der Waals surface area (Å²) in [6.45, 7) is 0.478. The maximum Gasteiger partial charge on any atom is 0.279 e. The van der Waals surface area contributed by atoms with E-state index in [1.54, 1.807) is 6.07 Å². The zero-order valence-corrected chi connectivity index (χ0v) is 8.70. The van der Waals surface area contributed by atoms with E-state index in [1.807, 2.05) is 0 Å². The first-order valence-electron chi connectivity index (χ1n) is 4.65. The number of imide groups is 1. The molecule has 78 valence electrons. The SMILES string of the molecule is O=C1CCCN1C(=O)c1cc(Cl)ccn1. The predicted molar refractivity (Wildman–Crippen MR) is 54.5 cm³/mol. The fourth-order valence-corrected chi connectivity index (χ4v) is 1.68. The molecule has 15 heavy (non-hydrogen) atoms. The van der Waals surface area contributed by atoms with Gasteiger partial charge in [0.2, 0.25) is 5.91 Å². The van der Waals surface area contributed by atoms with Crippen molar-refractivity contribution in [3.8, 4) is 0 Å². The van der Waals surface area contributed by atoms with Crippen molar-refractivity contribution < 1.29 is 9.59 Å². The molecular weight excluding hydrogens is 216 g/mol. The third kappa shape index (κ3) is 1.99. The molecule has 1 saturated heterocycles. The number of rotatable bonds is 1. The Balaban J connectivity index is 2.24. The highest BCUT2D eigenvalue weighted by molar-refractivity contribution is 6.30. The molecule has 4 nitrogen and oxygen atoms in total. The molecule has 2 amide bonds. The average Bonchev–Trinajstić information content (AvgIpc) is 2.63. The first kappa shape index (κ1) is 10.1. The number of amides is 2. The Bertz CT molecular complexity index is 420. The topological polar surface area (TPSA) is 50.3 Å². The van der Waals surface area contributed by atoms with Crippen molar-refractivity contribution in [1.29, 1.82) is 0 Å². The second kappa shape index (κ2) is 3.98. The quantitative estimate of drug-likeness (QED) is 0.680. The minimum Gasteiger partial charge on any atom is -0.277 e. The van der Waals surface area contributed by atoms with Gasteiger partial charge < -0.3 is 0 Å². The van der Waals surface area contributed by atoms with Gasteiger partial charge in [0.25, 0.3) is 5.91 Å². The van der Waals surface area contributed by atoms with Gasteiger partial charge in [-0.15, -0.1) is 0 Å². The number of halogens is 1. The Kier molecular flexibility index (Phi) is 2.68. The summed E-state index contributed by atoms with van der Waals surface area (Å²) in [4.78, 5) is 28.2. The number of hydrogen-bond donors (Lipinski definition) is 0. The van der Waals surface area contributed by atoms with Gasteiger partial charge in [-0.3, -0.25) is 19.5 Å². The van der Waals surface area contributed by atoms with Crippen LogP contribution in [0.2, 0.25) is 5.02 Å². The van der Waals surface area contributed by atoms with E-state index in [4.69, 9.17) is 11.6 Å². The summed E-state index contributed by atoms with van der Waals surface area (Å²) in [5, 5.41) is 0.444. The van der Waals surface area contributed by atoms with Crippen LogP contribution in [-0.4, -0.2) is 28.2 Å². The van der Waals surface area contributed by atoms with E-state index < -0.39 is 0 Å². The van der Waals surface area contributed by atoms with Crippen molar-refractivity contribution in [2.24, 2.45) is 0 Å². The van der Waals surface area contributed by atoms with Gasteiger partial charge in [-0.2, -0.15) is 0 Å². The summed E-state index contributed by atoms with van der Waals surface area (Å²) < 4.78 is 0. The summed E-state index contributed by atoms with van der Waals surface area (Å²) >= 11 is 5.74. The molecule has 1 fully saturated rings. The third-order valence-electron chi connectivity index (χ3n) is 2.26. The standard InChI is InChI=1S/C10H9ClN2O2/c11-7-3-4-12-8(6-7)10(15)13-5-1-2-9(13)14/h3-4,6H,1-2,5H2. The van der Waals surface area contributed by atoms with Gasteiger partial charge >= 0.3 is 0 Å². The van der Waals surface area contributed by atoms with Crippen LogP contribution in [0.5, 0.6) is 0 Å². The monoisotopic (exact) mass is 224 g/mol. The summed E-state index contributed by atoms with van der Waals surface area (Å²) in [5.74, 6) is -0.498. The fourth-order valence-electron chi connectivity index (χ4n) is 1.52. The molecule has 2 rings (SSSR count). The maximum atomic E-state index is 11.8. The van der Waals surface area contributed by atoms with Crippen molar-refractivity contribution >= 4 is 23.4 Å². The van der Waals surface area contributed by atoms with Gasteiger partial charge in [-0.05, 0) is 18.6 Å². The Hall–Kier alpha value is -1.42. The molecule has 0 bridgehead atoms. The molecule has 1 aliphatic rings. The molecule has 0 aliphatic carbocycles. The number of carbonyl (C=O) groups is 2. The van der Waals surface area contributed by atoms with E-state index in [0.717, 1.165) is 6.42 Å². The first-order valence-corrected chi connectivity index (χ1v) is 5.02. The van der Waals surface area contributed by atoms with Crippen LogP contribution in [0.3, 0.4) is 0 Å². The highest BCUT2D eigenvalue weighted by Gasteiger charge is 2.27. The zero-order valence-electron chi connectivity index (χ0n) is 7.94. The molecule has 0 spiro atoms. The molecule has 2 heterocycles. The lowest BCUT2D eigenvalue weighted by Gasteiger charge is -2.12. The van der Waals surface area contributed by atoms with E-state index in [-0.39, 0.29) is 17.5 Å². The normalized spacial score (nSPS) is 15.8. The zero-order chi connectivity index (χ0) is 10.8. The Morgan fingerprint density at radius 1 is 1.53 bits per heavy atom. The van der Waals surface area contributed by atoms with Crippen molar-refractivity contribution in [2.75, 3.05) is 6.54 Å². The highest BCUT2D eigenvalue weighted by atomic mass is 35.5. The van der Waals surface area contributed by atoms with E-state index >= 15 is 0 Å². The van der Waals surface area contributed by atoms with E-state index in [9.17, 15) is 9.59 Å². The lowest BCUT2D eigenvalue weighted by Crippen LogP contribution is -2.32. The number of carbonyl (C=O) groups excluding carboxylic acids is 2. The van der Waals surface area contributed by atoms with Crippen molar-refractivity contribution in [2.45, 2.75) is 12.8 Å². The van der Waals surface area contributed by atoms with Gasteiger partial charge in [0.1, 0.15) is 5.69 Å². The van der Waals surface area contributed by atoms with Crippen LogP contribution in [-0.2, 0) is 4.79 Å². The van der Waals surface area contributed by atoms with E-state index in [1.165, 1.54) is 17.2 Å². The molecule has 1 aromatic rings. The lowest BCUT2D eigenvalue weighted by atomic mass is 10.3. The number of nitrogens with zero attached hydrogens (tertiary/aromatic N) is 2. The van der Waals surface area contributed by atoms with Crippen molar-refractivity contribution in [1.82, 2.24) is 9.88 Å². The number of hydrogen-bond acceptors (Lipinski definition) is 3. The first-order chi connectivity index (χ1) is 7.18. The van der Waals surface area contributed by atoms with E-state index in [2.05, 4.69) is 4.98 Å². The van der Waals surface area contributed by atoms with Crippen LogP contribution in [0.25, 0.3) is 0 Å². The van der Waals surface area contributed by atoms with Crippen LogP contribution in [0.4, 0.5) is 0 Å². The number of pyridine rings is 1. The number of aromatic nitrogens is 1. The molecule has 1 aromatic heterocycles. The van der Waals surface area contributed by atoms with Crippen LogP contribution < -0.4 is 0 Å². The molecule has 5 heteroatoms. The fraction of sp³-hybridized carbons (Fsp3) is 0.300. The minimum atomic E-state index is -0.361. The smallest absolute Gasteiger partial charge is 0.277 e. The van der Waals surface area contributed by atoms with E-state index in [0.29, 0.717) is 18.0 Å². The lowest BCUT2D eigenvalue weighted by molar-refractivity contribution is -0.125. The van der Waals surface area contributed by atoms with Crippen molar-refractivity contribution in [3.63, 3.8) is 0 Å². The summed E-state index contributed by atoms with van der Waals surface area (Å²) in [5.41, 5.74) is 0.220. The van der Waals surface area contributed by atoms with Gasteiger partial charge in [0.15, 0.2) is 0 Å². The van der Waals surface area contributed by atoms with Crippen LogP contribution in [0, 0.1) is 0 Å². The molecule has 0 unspecified atom stereocenters. The number of likely N-dealkylation sites (tertiary alicyclic amines) is 1. The van der Waals surface area contributed by atoms with Crippen LogP contribution in [0.15, 0.2) is 18.3 Å². The molecule has 1 aliphatic heterocycles. The van der Waals surface area contributed by atoms with Crippen molar-refractivity contribution in [3.05, 3.63) is 29.0 Å².